The third kappa shape index (κ3) is 7.05. The van der Waals surface area contributed by atoms with Crippen LogP contribution in [0.3, 0.4) is 0 Å². The van der Waals surface area contributed by atoms with E-state index in [9.17, 15) is 4.57 Å². The summed E-state index contributed by atoms with van der Waals surface area (Å²) in [5, 5.41) is 0. The van der Waals surface area contributed by atoms with Crippen LogP contribution in [0, 0.1) is 0 Å². The average Bonchev–Trinajstić information content (AvgIpc) is 2.46. The number of phosphoric acid groups is 1. The van der Waals surface area contributed by atoms with Gasteiger partial charge in [-0.25, -0.2) is 4.57 Å². The molecular weight excluding hydrogens is 287 g/mol. The lowest BCUT2D eigenvalue weighted by Crippen LogP contribution is -2.12. The number of allylic oxidation sites excluding steroid dienone is 1. The Kier molecular flexibility index (Phi) is 8.55. The highest BCUT2D eigenvalue weighted by atomic mass is 31.2. The van der Waals surface area contributed by atoms with Crippen molar-refractivity contribution in [2.24, 2.45) is 0 Å². The summed E-state index contributed by atoms with van der Waals surface area (Å²) in [6.45, 7) is 6.02. The lowest BCUT2D eigenvalue weighted by molar-refractivity contribution is 0.0977. The number of rotatable bonds is 10. The lowest BCUT2D eigenvalue weighted by Gasteiger charge is -2.21. The minimum atomic E-state index is -3.48. The zero-order valence-corrected chi connectivity index (χ0v) is 13.9. The number of hydrogen-bond donors (Lipinski definition) is 0. The van der Waals surface area contributed by atoms with Gasteiger partial charge in [-0.3, -0.25) is 13.6 Å². The molecule has 0 aliphatic heterocycles. The van der Waals surface area contributed by atoms with Gasteiger partial charge in [0.2, 0.25) is 0 Å². The third-order valence-corrected chi connectivity index (χ3v) is 4.48. The van der Waals surface area contributed by atoms with Crippen molar-refractivity contribution >= 4 is 7.82 Å². The molecule has 118 valence electrons. The van der Waals surface area contributed by atoms with Crippen molar-refractivity contribution in [2.45, 2.75) is 39.7 Å². The standard InChI is InChI=1S/C16H25O4P/c1-4-10-16(14-13-15-11-8-7-9-12-15)20-21(17,18-5-2)19-6-3/h4,7-12,16H,5-6,13-14H2,1-3H3/b10-4+. The summed E-state index contributed by atoms with van der Waals surface area (Å²) in [5.41, 5.74) is 1.22. The van der Waals surface area contributed by atoms with Gasteiger partial charge in [0.25, 0.3) is 0 Å². The molecule has 0 radical (unpaired) electrons. The molecule has 1 aromatic carbocycles. The van der Waals surface area contributed by atoms with Crippen LogP contribution in [0.2, 0.25) is 0 Å². The van der Waals surface area contributed by atoms with E-state index in [2.05, 4.69) is 12.1 Å². The van der Waals surface area contributed by atoms with Crippen LogP contribution in [0.4, 0.5) is 0 Å². The Morgan fingerprint density at radius 3 is 2.29 bits per heavy atom. The second kappa shape index (κ2) is 9.91. The van der Waals surface area contributed by atoms with E-state index in [-0.39, 0.29) is 6.10 Å². The Hall–Kier alpha value is -0.930. The summed E-state index contributed by atoms with van der Waals surface area (Å²) in [6.07, 6.45) is 5.04. The summed E-state index contributed by atoms with van der Waals surface area (Å²) >= 11 is 0. The van der Waals surface area contributed by atoms with E-state index >= 15 is 0 Å². The fourth-order valence-corrected chi connectivity index (χ4v) is 3.27. The Morgan fingerprint density at radius 1 is 1.14 bits per heavy atom. The van der Waals surface area contributed by atoms with Crippen molar-refractivity contribution in [3.63, 3.8) is 0 Å². The highest BCUT2D eigenvalue weighted by molar-refractivity contribution is 7.48. The molecule has 0 heterocycles. The number of benzene rings is 1. The van der Waals surface area contributed by atoms with Gasteiger partial charge in [0, 0.05) is 0 Å². The predicted octanol–water partition coefficient (Wildman–Crippen LogP) is 4.76. The maximum atomic E-state index is 12.4. The van der Waals surface area contributed by atoms with Gasteiger partial charge in [-0.1, -0.05) is 42.5 Å². The Labute approximate surface area is 127 Å². The van der Waals surface area contributed by atoms with Gasteiger partial charge < -0.3 is 0 Å². The molecule has 0 aromatic heterocycles. The number of hydrogen-bond acceptors (Lipinski definition) is 4. The van der Waals surface area contributed by atoms with Gasteiger partial charge in [0.15, 0.2) is 0 Å². The molecular formula is C16H25O4P. The molecule has 0 fully saturated rings. The van der Waals surface area contributed by atoms with Crippen molar-refractivity contribution in [3.8, 4) is 0 Å². The topological polar surface area (TPSA) is 44.8 Å². The van der Waals surface area contributed by atoms with E-state index in [4.69, 9.17) is 13.6 Å². The van der Waals surface area contributed by atoms with Crippen LogP contribution in [0.5, 0.6) is 0 Å². The lowest BCUT2D eigenvalue weighted by atomic mass is 10.1. The van der Waals surface area contributed by atoms with E-state index in [0.29, 0.717) is 13.2 Å². The minimum absolute atomic E-state index is 0.290. The molecule has 0 aliphatic rings. The van der Waals surface area contributed by atoms with E-state index in [1.807, 2.05) is 37.3 Å². The maximum Gasteiger partial charge on any atom is 0.475 e. The summed E-state index contributed by atoms with van der Waals surface area (Å²) in [6, 6.07) is 10.1. The minimum Gasteiger partial charge on any atom is -0.287 e. The number of phosphoric ester groups is 1. The van der Waals surface area contributed by atoms with Crippen LogP contribution in [-0.2, 0) is 24.6 Å². The first-order valence-electron chi connectivity index (χ1n) is 7.37. The SMILES string of the molecule is C/C=C/C(CCc1ccccc1)OP(=O)(OCC)OCC. The zero-order valence-electron chi connectivity index (χ0n) is 13.0. The molecule has 1 rings (SSSR count). The molecule has 1 unspecified atom stereocenters. The van der Waals surface area contributed by atoms with Crippen molar-refractivity contribution < 1.29 is 18.1 Å². The Balaban J connectivity index is 2.65. The third-order valence-electron chi connectivity index (χ3n) is 2.81. The van der Waals surface area contributed by atoms with Gasteiger partial charge in [0.1, 0.15) is 0 Å². The monoisotopic (exact) mass is 312 g/mol. The van der Waals surface area contributed by atoms with Gasteiger partial charge in [-0.05, 0) is 39.2 Å². The molecule has 0 aliphatic carbocycles. The summed E-state index contributed by atoms with van der Waals surface area (Å²) in [5.74, 6) is 0. The van der Waals surface area contributed by atoms with Crippen molar-refractivity contribution in [2.75, 3.05) is 13.2 Å². The maximum absolute atomic E-state index is 12.4. The van der Waals surface area contributed by atoms with E-state index in [0.717, 1.165) is 12.8 Å². The second-order valence-corrected chi connectivity index (χ2v) is 6.10. The van der Waals surface area contributed by atoms with Crippen LogP contribution in [0.15, 0.2) is 42.5 Å². The molecule has 0 spiro atoms. The highest BCUT2D eigenvalue weighted by Crippen LogP contribution is 2.50. The van der Waals surface area contributed by atoms with E-state index in [1.54, 1.807) is 13.8 Å². The second-order valence-electron chi connectivity index (χ2n) is 4.48. The molecule has 1 atom stereocenters. The quantitative estimate of drug-likeness (QED) is 0.461. The fraction of sp³-hybridized carbons (Fsp3) is 0.500. The Bertz CT molecular complexity index is 449. The first kappa shape index (κ1) is 18.1. The molecule has 0 saturated carbocycles. The van der Waals surface area contributed by atoms with Crippen molar-refractivity contribution in [1.29, 1.82) is 0 Å². The first-order chi connectivity index (χ1) is 10.1. The van der Waals surface area contributed by atoms with Crippen LogP contribution >= 0.6 is 7.82 Å². The summed E-state index contributed by atoms with van der Waals surface area (Å²) in [7, 11) is -3.48. The number of aryl methyl sites for hydroxylation is 1. The van der Waals surface area contributed by atoms with Crippen LogP contribution in [-0.4, -0.2) is 19.3 Å². The van der Waals surface area contributed by atoms with Crippen molar-refractivity contribution in [1.82, 2.24) is 0 Å². The molecule has 0 saturated heterocycles. The molecule has 0 amide bonds. The van der Waals surface area contributed by atoms with Gasteiger partial charge in [-0.2, -0.15) is 0 Å². The highest BCUT2D eigenvalue weighted by Gasteiger charge is 2.28. The van der Waals surface area contributed by atoms with E-state index in [1.165, 1.54) is 5.56 Å². The van der Waals surface area contributed by atoms with E-state index < -0.39 is 7.82 Å². The first-order valence-corrected chi connectivity index (χ1v) is 8.83. The molecule has 5 heteroatoms. The van der Waals surface area contributed by atoms with Gasteiger partial charge in [0.05, 0.1) is 19.3 Å². The van der Waals surface area contributed by atoms with Crippen LogP contribution < -0.4 is 0 Å². The predicted molar refractivity (Wildman–Crippen MR) is 85.3 cm³/mol. The molecule has 21 heavy (non-hydrogen) atoms. The average molecular weight is 312 g/mol. The van der Waals surface area contributed by atoms with Gasteiger partial charge in [-0.15, -0.1) is 0 Å². The summed E-state index contributed by atoms with van der Waals surface area (Å²) < 4.78 is 28.4. The van der Waals surface area contributed by atoms with Crippen LogP contribution in [0.1, 0.15) is 32.8 Å². The molecule has 0 bridgehead atoms. The van der Waals surface area contributed by atoms with Crippen molar-refractivity contribution in [3.05, 3.63) is 48.0 Å². The summed E-state index contributed by atoms with van der Waals surface area (Å²) in [4.78, 5) is 0. The molecule has 0 N–H and O–H groups in total. The largest absolute Gasteiger partial charge is 0.475 e. The van der Waals surface area contributed by atoms with Gasteiger partial charge >= 0.3 is 7.82 Å². The van der Waals surface area contributed by atoms with Crippen LogP contribution in [0.25, 0.3) is 0 Å². The molecule has 1 aromatic rings. The molecule has 4 nitrogen and oxygen atoms in total. The zero-order chi connectivity index (χ0) is 15.6. The fourth-order valence-electron chi connectivity index (χ4n) is 1.93. The normalized spacial score (nSPS) is 13.7. The smallest absolute Gasteiger partial charge is 0.287 e. The Morgan fingerprint density at radius 2 is 1.76 bits per heavy atom.